The molecule has 0 aliphatic heterocycles. The normalized spacial score (nSPS) is 12.0. The molecule has 0 amide bonds. The Labute approximate surface area is 239 Å². The number of carbonyl (C=O) groups is 4. The van der Waals surface area contributed by atoms with Gasteiger partial charge in [-0.25, -0.2) is 0 Å². The molecule has 2 aromatic rings. The summed E-state index contributed by atoms with van der Waals surface area (Å²) in [4.78, 5) is 46.6. The lowest BCUT2D eigenvalue weighted by Crippen LogP contribution is -2.27. The first-order valence-corrected chi connectivity index (χ1v) is 13.1. The maximum atomic E-state index is 11.9. The Bertz CT molecular complexity index is 1200. The number of methoxy groups -OCH3 is 3. The fraction of sp³-hybridized carbons (Fsp3) is 0.467. The van der Waals surface area contributed by atoms with Gasteiger partial charge in [-0.05, 0) is 61.1 Å². The number of carbonyl (C=O) groups excluding carboxylic acids is 4. The van der Waals surface area contributed by atoms with Crippen molar-refractivity contribution in [3.63, 3.8) is 0 Å². The highest BCUT2D eigenvalue weighted by atomic mass is 16.6. The van der Waals surface area contributed by atoms with E-state index in [9.17, 15) is 19.2 Å². The molecule has 41 heavy (non-hydrogen) atoms. The quantitative estimate of drug-likeness (QED) is 0.222. The lowest BCUT2D eigenvalue weighted by Gasteiger charge is -2.24. The molecule has 0 aliphatic carbocycles. The van der Waals surface area contributed by atoms with Crippen LogP contribution in [0.2, 0.25) is 0 Å². The summed E-state index contributed by atoms with van der Waals surface area (Å²) < 4.78 is 37.7. The van der Waals surface area contributed by atoms with E-state index >= 15 is 0 Å². The van der Waals surface area contributed by atoms with E-state index in [2.05, 4.69) is 0 Å². The summed E-state index contributed by atoms with van der Waals surface area (Å²) in [5.74, 6) is -0.334. The smallest absolute Gasteiger partial charge is 0.308 e. The minimum atomic E-state index is -0.553. The van der Waals surface area contributed by atoms with Crippen LogP contribution >= 0.6 is 0 Å². The van der Waals surface area contributed by atoms with Crippen molar-refractivity contribution in [1.29, 1.82) is 0 Å². The zero-order valence-corrected chi connectivity index (χ0v) is 24.6. The third-order valence-corrected chi connectivity index (χ3v) is 5.95. The predicted octanol–water partition coefficient (Wildman–Crippen LogP) is 4.38. The highest BCUT2D eigenvalue weighted by Gasteiger charge is 2.23. The third-order valence-electron chi connectivity index (χ3n) is 5.95. The Kier molecular flexibility index (Phi) is 12.9. The van der Waals surface area contributed by atoms with Crippen LogP contribution in [0.5, 0.6) is 28.7 Å². The lowest BCUT2D eigenvalue weighted by molar-refractivity contribution is -0.153. The number of rotatable bonds is 15. The Morgan fingerprint density at radius 1 is 0.585 bits per heavy atom. The number of esters is 4. The average molecular weight is 575 g/mol. The maximum absolute atomic E-state index is 11.9. The standard InChI is InChI=1S/C30H38O11/c1-18(31)38-24(11-8-22-10-13-26(40-20(3)33)27(14-22)35-5)17-25(39-19(2)32)12-9-23-15-28(36-6)30(41-21(4)34)29(16-23)37-7/h10,13-16,24-25H,8-9,11-12,17H2,1-7H3. The molecule has 0 N–H and O–H groups in total. The fourth-order valence-electron chi connectivity index (χ4n) is 4.30. The molecule has 0 saturated carbocycles. The van der Waals surface area contributed by atoms with Gasteiger partial charge in [-0.15, -0.1) is 0 Å². The van der Waals surface area contributed by atoms with Crippen molar-refractivity contribution < 1.29 is 52.3 Å². The van der Waals surface area contributed by atoms with Gasteiger partial charge in [-0.1, -0.05) is 6.07 Å². The van der Waals surface area contributed by atoms with E-state index in [0.717, 1.165) is 11.1 Å². The second kappa shape index (κ2) is 16.1. The fourth-order valence-corrected chi connectivity index (χ4v) is 4.30. The topological polar surface area (TPSA) is 133 Å². The van der Waals surface area contributed by atoms with Crippen LogP contribution in [-0.2, 0) is 41.5 Å². The summed E-state index contributed by atoms with van der Waals surface area (Å²) in [5, 5.41) is 0. The summed E-state index contributed by atoms with van der Waals surface area (Å²) in [6, 6.07) is 8.65. The molecule has 0 spiro atoms. The summed E-state index contributed by atoms with van der Waals surface area (Å²) in [5.41, 5.74) is 1.68. The van der Waals surface area contributed by atoms with Crippen LogP contribution in [0, 0.1) is 0 Å². The van der Waals surface area contributed by atoms with E-state index in [1.165, 1.54) is 49.0 Å². The summed E-state index contributed by atoms with van der Waals surface area (Å²) >= 11 is 0. The van der Waals surface area contributed by atoms with Crippen molar-refractivity contribution in [2.75, 3.05) is 21.3 Å². The van der Waals surface area contributed by atoms with Gasteiger partial charge in [0.2, 0.25) is 5.75 Å². The Morgan fingerprint density at radius 2 is 1.05 bits per heavy atom. The van der Waals surface area contributed by atoms with E-state index in [0.29, 0.717) is 48.7 Å². The molecule has 0 bridgehead atoms. The van der Waals surface area contributed by atoms with Crippen molar-refractivity contribution in [3.05, 3.63) is 41.5 Å². The number of hydrogen-bond donors (Lipinski definition) is 0. The minimum Gasteiger partial charge on any atom is -0.493 e. The largest absolute Gasteiger partial charge is 0.493 e. The predicted molar refractivity (Wildman–Crippen MR) is 148 cm³/mol. The highest BCUT2D eigenvalue weighted by molar-refractivity contribution is 5.72. The second-order valence-corrected chi connectivity index (χ2v) is 9.28. The Morgan fingerprint density at radius 3 is 1.49 bits per heavy atom. The Hall–Kier alpha value is -4.28. The summed E-state index contributed by atoms with van der Waals surface area (Å²) in [6.07, 6.45) is 1.05. The van der Waals surface area contributed by atoms with Gasteiger partial charge in [-0.3, -0.25) is 19.2 Å². The molecule has 224 valence electrons. The first-order chi connectivity index (χ1) is 19.4. The van der Waals surface area contributed by atoms with Crippen molar-refractivity contribution in [2.24, 2.45) is 0 Å². The number of ether oxygens (including phenoxy) is 7. The first-order valence-electron chi connectivity index (χ1n) is 13.1. The number of hydrogen-bond acceptors (Lipinski definition) is 11. The molecule has 2 atom stereocenters. The van der Waals surface area contributed by atoms with Crippen molar-refractivity contribution in [3.8, 4) is 28.7 Å². The van der Waals surface area contributed by atoms with Crippen LogP contribution < -0.4 is 23.7 Å². The van der Waals surface area contributed by atoms with Crippen LogP contribution in [0.4, 0.5) is 0 Å². The van der Waals surface area contributed by atoms with Gasteiger partial charge in [0.05, 0.1) is 21.3 Å². The van der Waals surface area contributed by atoms with Crippen LogP contribution in [0.25, 0.3) is 0 Å². The SMILES string of the molecule is COc1cc(CCC(CC(CCc2cc(OC)c(OC(C)=O)c(OC)c2)OC(C)=O)OC(C)=O)ccc1OC(C)=O. The Balaban J connectivity index is 2.19. The molecule has 2 unspecified atom stereocenters. The first kappa shape index (κ1) is 32.9. The van der Waals surface area contributed by atoms with Gasteiger partial charge < -0.3 is 33.2 Å². The molecule has 11 nitrogen and oxygen atoms in total. The van der Waals surface area contributed by atoms with E-state index in [1.807, 2.05) is 0 Å². The molecule has 0 aliphatic rings. The molecular formula is C30H38O11. The van der Waals surface area contributed by atoms with Crippen molar-refractivity contribution in [1.82, 2.24) is 0 Å². The molecule has 0 radical (unpaired) electrons. The van der Waals surface area contributed by atoms with Gasteiger partial charge in [-0.2, -0.15) is 0 Å². The lowest BCUT2D eigenvalue weighted by atomic mass is 9.98. The monoisotopic (exact) mass is 574 g/mol. The summed E-state index contributed by atoms with van der Waals surface area (Å²) in [6.45, 7) is 5.24. The minimum absolute atomic E-state index is 0.176. The molecule has 2 aromatic carbocycles. The van der Waals surface area contributed by atoms with Crippen molar-refractivity contribution >= 4 is 23.9 Å². The van der Waals surface area contributed by atoms with E-state index < -0.39 is 36.1 Å². The average Bonchev–Trinajstić information content (AvgIpc) is 2.90. The molecule has 2 rings (SSSR count). The van der Waals surface area contributed by atoms with Crippen molar-refractivity contribution in [2.45, 2.75) is 72.0 Å². The van der Waals surface area contributed by atoms with Crippen LogP contribution in [0.1, 0.15) is 58.1 Å². The molecule has 0 aromatic heterocycles. The van der Waals surface area contributed by atoms with Gasteiger partial charge >= 0.3 is 23.9 Å². The highest BCUT2D eigenvalue weighted by Crippen LogP contribution is 2.39. The molecule has 0 saturated heterocycles. The molecular weight excluding hydrogens is 536 g/mol. The number of benzene rings is 2. The zero-order chi connectivity index (χ0) is 30.5. The van der Waals surface area contributed by atoms with E-state index in [-0.39, 0.29) is 12.2 Å². The van der Waals surface area contributed by atoms with Crippen LogP contribution in [0.15, 0.2) is 30.3 Å². The van der Waals surface area contributed by atoms with E-state index in [4.69, 9.17) is 33.2 Å². The summed E-state index contributed by atoms with van der Waals surface area (Å²) in [7, 11) is 4.39. The third kappa shape index (κ3) is 11.0. The second-order valence-electron chi connectivity index (χ2n) is 9.28. The van der Waals surface area contributed by atoms with Crippen LogP contribution in [-0.4, -0.2) is 57.4 Å². The van der Waals surface area contributed by atoms with Gasteiger partial charge in [0, 0.05) is 34.1 Å². The van der Waals surface area contributed by atoms with E-state index in [1.54, 1.807) is 30.3 Å². The van der Waals surface area contributed by atoms with Crippen LogP contribution in [0.3, 0.4) is 0 Å². The zero-order valence-electron chi connectivity index (χ0n) is 24.6. The van der Waals surface area contributed by atoms with Gasteiger partial charge in [0.15, 0.2) is 23.0 Å². The number of aryl methyl sites for hydroxylation is 2. The molecule has 0 heterocycles. The maximum Gasteiger partial charge on any atom is 0.308 e. The molecule has 11 heteroatoms. The molecule has 0 fully saturated rings. The van der Waals surface area contributed by atoms with Gasteiger partial charge in [0.1, 0.15) is 12.2 Å². The van der Waals surface area contributed by atoms with Gasteiger partial charge in [0.25, 0.3) is 0 Å².